The summed E-state index contributed by atoms with van der Waals surface area (Å²) in [6, 6.07) is 19.4. The van der Waals surface area contributed by atoms with Crippen LogP contribution in [0.3, 0.4) is 0 Å². The number of sulfonamides is 1. The maximum atomic E-state index is 13.9. The Labute approximate surface area is 224 Å². The molecule has 0 unspecified atom stereocenters. The number of nitrogens with zero attached hydrogens (tertiary/aromatic N) is 2. The third-order valence-electron chi connectivity index (χ3n) is 5.98. The zero-order valence-corrected chi connectivity index (χ0v) is 22.9. The molecule has 0 aliphatic heterocycles. The molecular weight excluding hydrogens is 505 g/mol. The Hall–Kier alpha value is -3.72. The molecule has 1 atom stereocenters. The van der Waals surface area contributed by atoms with E-state index in [1.54, 1.807) is 55.5 Å². The van der Waals surface area contributed by atoms with Gasteiger partial charge in [0, 0.05) is 12.6 Å². The lowest BCUT2D eigenvalue weighted by atomic mass is 10.1. The van der Waals surface area contributed by atoms with Crippen molar-refractivity contribution < 1.29 is 22.4 Å². The predicted octanol–water partition coefficient (Wildman–Crippen LogP) is 4.66. The Morgan fingerprint density at radius 2 is 1.61 bits per heavy atom. The van der Waals surface area contributed by atoms with Gasteiger partial charge in [0.1, 0.15) is 18.4 Å². The minimum atomic E-state index is -4.11. The summed E-state index contributed by atoms with van der Waals surface area (Å²) < 4.78 is 42.1. The summed E-state index contributed by atoms with van der Waals surface area (Å²) >= 11 is 0. The molecule has 0 heterocycles. The van der Waals surface area contributed by atoms with Crippen LogP contribution in [0.4, 0.5) is 10.1 Å². The van der Waals surface area contributed by atoms with E-state index in [4.69, 9.17) is 0 Å². The second kappa shape index (κ2) is 12.7. The van der Waals surface area contributed by atoms with E-state index < -0.39 is 34.3 Å². The first-order chi connectivity index (χ1) is 18.0. The van der Waals surface area contributed by atoms with E-state index in [-0.39, 0.29) is 23.4 Å². The van der Waals surface area contributed by atoms with Crippen LogP contribution in [-0.2, 0) is 26.2 Å². The molecule has 0 fully saturated rings. The first-order valence-electron chi connectivity index (χ1n) is 12.5. The second-order valence-electron chi connectivity index (χ2n) is 9.40. The Bertz CT molecular complexity index is 1350. The Kier molecular flexibility index (Phi) is 9.63. The van der Waals surface area contributed by atoms with E-state index in [1.165, 1.54) is 29.2 Å². The highest BCUT2D eigenvalue weighted by atomic mass is 32.2. The summed E-state index contributed by atoms with van der Waals surface area (Å²) in [6.45, 7) is 6.76. The zero-order valence-electron chi connectivity index (χ0n) is 22.1. The molecule has 0 aliphatic carbocycles. The van der Waals surface area contributed by atoms with Gasteiger partial charge in [0.15, 0.2) is 0 Å². The van der Waals surface area contributed by atoms with Crippen LogP contribution >= 0.6 is 0 Å². The SMILES string of the molecule is CC[C@@H](C(=O)NC(C)C)N(Cc1ccc(F)cc1)C(=O)CN(c1cccc(C)c1)S(=O)(=O)c1ccccc1. The van der Waals surface area contributed by atoms with Gasteiger partial charge in [-0.25, -0.2) is 12.8 Å². The number of anilines is 1. The van der Waals surface area contributed by atoms with Crippen molar-refractivity contribution in [3.05, 3.63) is 95.8 Å². The third-order valence-corrected chi connectivity index (χ3v) is 7.77. The minimum absolute atomic E-state index is 0.0101. The first-order valence-corrected chi connectivity index (χ1v) is 14.0. The van der Waals surface area contributed by atoms with Gasteiger partial charge in [-0.15, -0.1) is 0 Å². The molecule has 2 amide bonds. The van der Waals surface area contributed by atoms with Gasteiger partial charge in [-0.3, -0.25) is 13.9 Å². The average molecular weight is 540 g/mol. The topological polar surface area (TPSA) is 86.8 Å². The lowest BCUT2D eigenvalue weighted by molar-refractivity contribution is -0.140. The number of carbonyl (C=O) groups is 2. The molecule has 0 aromatic heterocycles. The average Bonchev–Trinajstić information content (AvgIpc) is 2.88. The van der Waals surface area contributed by atoms with Crippen LogP contribution in [0.5, 0.6) is 0 Å². The molecule has 0 bridgehead atoms. The second-order valence-corrected chi connectivity index (χ2v) is 11.3. The van der Waals surface area contributed by atoms with E-state index in [2.05, 4.69) is 5.32 Å². The maximum absolute atomic E-state index is 13.9. The van der Waals surface area contributed by atoms with Gasteiger partial charge in [0.25, 0.3) is 10.0 Å². The Morgan fingerprint density at radius 1 is 0.947 bits per heavy atom. The molecule has 1 N–H and O–H groups in total. The van der Waals surface area contributed by atoms with Gasteiger partial charge in [-0.05, 0) is 74.7 Å². The van der Waals surface area contributed by atoms with E-state index in [9.17, 15) is 22.4 Å². The van der Waals surface area contributed by atoms with Crippen molar-refractivity contribution in [2.24, 2.45) is 0 Å². The number of aryl methyl sites for hydroxylation is 1. The summed E-state index contributed by atoms with van der Waals surface area (Å²) in [6.07, 6.45) is 0.307. The van der Waals surface area contributed by atoms with Crippen molar-refractivity contribution in [2.45, 2.75) is 57.6 Å². The fourth-order valence-electron chi connectivity index (χ4n) is 4.12. The molecule has 7 nitrogen and oxygen atoms in total. The first kappa shape index (κ1) is 28.8. The standard InChI is InChI=1S/C29H34FN3O4S/c1-5-27(29(35)31-21(2)3)32(19-23-14-16-24(30)17-15-23)28(34)20-33(25-11-9-10-22(4)18-25)38(36,37)26-12-7-6-8-13-26/h6-18,21,27H,5,19-20H2,1-4H3,(H,31,35)/t27-/m0/s1. The number of halogens is 1. The number of carbonyl (C=O) groups excluding carboxylic acids is 2. The predicted molar refractivity (Wildman–Crippen MR) is 146 cm³/mol. The van der Waals surface area contributed by atoms with Crippen LogP contribution in [0.1, 0.15) is 38.3 Å². The molecule has 0 spiro atoms. The monoisotopic (exact) mass is 539 g/mol. The molecular formula is C29H34FN3O4S. The van der Waals surface area contributed by atoms with Crippen LogP contribution in [0, 0.1) is 12.7 Å². The Balaban J connectivity index is 2.05. The minimum Gasteiger partial charge on any atom is -0.352 e. The van der Waals surface area contributed by atoms with Crippen molar-refractivity contribution >= 4 is 27.5 Å². The number of benzene rings is 3. The van der Waals surface area contributed by atoms with Crippen LogP contribution in [0.15, 0.2) is 83.8 Å². The molecule has 202 valence electrons. The van der Waals surface area contributed by atoms with E-state index >= 15 is 0 Å². The normalized spacial score (nSPS) is 12.2. The van der Waals surface area contributed by atoms with Gasteiger partial charge in [0.05, 0.1) is 10.6 Å². The molecule has 0 aliphatic rings. The van der Waals surface area contributed by atoms with Crippen LogP contribution in [-0.4, -0.2) is 43.8 Å². The third kappa shape index (κ3) is 7.19. The van der Waals surface area contributed by atoms with Crippen LogP contribution in [0.25, 0.3) is 0 Å². The molecule has 38 heavy (non-hydrogen) atoms. The van der Waals surface area contributed by atoms with Gasteiger partial charge in [-0.2, -0.15) is 0 Å². The van der Waals surface area contributed by atoms with E-state index in [0.717, 1.165) is 9.87 Å². The summed E-state index contributed by atoms with van der Waals surface area (Å²) in [5.41, 5.74) is 1.78. The summed E-state index contributed by atoms with van der Waals surface area (Å²) in [5, 5.41) is 2.85. The zero-order chi connectivity index (χ0) is 27.9. The molecule has 9 heteroatoms. The number of hydrogen-bond acceptors (Lipinski definition) is 4. The lowest BCUT2D eigenvalue weighted by Crippen LogP contribution is -2.53. The van der Waals surface area contributed by atoms with Crippen molar-refractivity contribution in [3.63, 3.8) is 0 Å². The highest BCUT2D eigenvalue weighted by molar-refractivity contribution is 7.92. The molecule has 0 radical (unpaired) electrons. The number of nitrogens with one attached hydrogen (secondary N) is 1. The van der Waals surface area contributed by atoms with E-state index in [0.29, 0.717) is 17.7 Å². The molecule has 3 rings (SSSR count). The maximum Gasteiger partial charge on any atom is 0.264 e. The van der Waals surface area contributed by atoms with Gasteiger partial charge in [-0.1, -0.05) is 49.4 Å². The summed E-state index contributed by atoms with van der Waals surface area (Å²) in [4.78, 5) is 28.4. The van der Waals surface area contributed by atoms with Crippen molar-refractivity contribution in [1.82, 2.24) is 10.2 Å². The molecule has 0 saturated heterocycles. The summed E-state index contributed by atoms with van der Waals surface area (Å²) in [5.74, 6) is -1.32. The van der Waals surface area contributed by atoms with Crippen molar-refractivity contribution in [2.75, 3.05) is 10.8 Å². The van der Waals surface area contributed by atoms with Crippen molar-refractivity contribution in [3.8, 4) is 0 Å². The smallest absolute Gasteiger partial charge is 0.264 e. The van der Waals surface area contributed by atoms with Gasteiger partial charge >= 0.3 is 0 Å². The molecule has 3 aromatic carbocycles. The fourth-order valence-corrected chi connectivity index (χ4v) is 5.55. The summed E-state index contributed by atoms with van der Waals surface area (Å²) in [7, 11) is -4.11. The fraction of sp³-hybridized carbons (Fsp3) is 0.310. The van der Waals surface area contributed by atoms with E-state index in [1.807, 2.05) is 26.8 Å². The highest BCUT2D eigenvalue weighted by Crippen LogP contribution is 2.25. The Morgan fingerprint density at radius 3 is 2.18 bits per heavy atom. The van der Waals surface area contributed by atoms with Gasteiger partial charge in [0.2, 0.25) is 11.8 Å². The van der Waals surface area contributed by atoms with Crippen molar-refractivity contribution in [1.29, 1.82) is 0 Å². The van der Waals surface area contributed by atoms with Gasteiger partial charge < -0.3 is 10.2 Å². The number of hydrogen-bond donors (Lipinski definition) is 1. The number of rotatable bonds is 11. The van der Waals surface area contributed by atoms with Crippen LogP contribution in [0.2, 0.25) is 0 Å². The van der Waals surface area contributed by atoms with Crippen LogP contribution < -0.4 is 9.62 Å². The highest BCUT2D eigenvalue weighted by Gasteiger charge is 2.33. The quantitative estimate of drug-likeness (QED) is 0.384. The lowest BCUT2D eigenvalue weighted by Gasteiger charge is -2.33. The largest absolute Gasteiger partial charge is 0.352 e. The molecule has 3 aromatic rings. The number of amides is 2. The molecule has 0 saturated carbocycles.